The number of aromatic amines is 1. The molecule has 1 saturated carbocycles. The van der Waals surface area contributed by atoms with E-state index < -0.39 is 0 Å². The summed E-state index contributed by atoms with van der Waals surface area (Å²) in [5.41, 5.74) is 1.56. The van der Waals surface area contributed by atoms with Crippen LogP contribution in [0.25, 0.3) is 0 Å². The van der Waals surface area contributed by atoms with E-state index in [1.54, 1.807) is 6.21 Å². The lowest BCUT2D eigenvalue weighted by Crippen LogP contribution is -2.45. The second-order valence-electron chi connectivity index (χ2n) is 10.9. The molecule has 5 heterocycles. The van der Waals surface area contributed by atoms with E-state index in [9.17, 15) is 4.79 Å². The topological polar surface area (TPSA) is 118 Å². The Morgan fingerprint density at radius 3 is 2.72 bits per heavy atom. The van der Waals surface area contributed by atoms with Gasteiger partial charge in [0.15, 0.2) is 5.82 Å². The Morgan fingerprint density at radius 2 is 2.03 bits per heavy atom. The third kappa shape index (κ3) is 5.60. The summed E-state index contributed by atoms with van der Waals surface area (Å²) in [5, 5.41) is 10.5. The lowest BCUT2D eigenvalue weighted by Gasteiger charge is -2.34. The molecular formula is C27H36N10O2. The molecule has 2 saturated heterocycles. The monoisotopic (exact) mass is 532 g/mol. The van der Waals surface area contributed by atoms with Crippen LogP contribution in [0.15, 0.2) is 41.6 Å². The number of piperidine rings is 1. The van der Waals surface area contributed by atoms with Crippen LogP contribution < -0.4 is 15.0 Å². The van der Waals surface area contributed by atoms with Gasteiger partial charge in [-0.2, -0.15) is 15.1 Å². The largest absolute Gasteiger partial charge is 0.460 e. The summed E-state index contributed by atoms with van der Waals surface area (Å²) in [6.45, 7) is 11.5. The molecule has 12 heteroatoms. The maximum atomic E-state index is 13.2. The first-order valence-electron chi connectivity index (χ1n) is 13.6. The minimum atomic E-state index is -0.0325. The first kappa shape index (κ1) is 25.4. The van der Waals surface area contributed by atoms with E-state index in [4.69, 9.17) is 9.72 Å². The number of hydrogen-bond donors (Lipinski definition) is 2. The normalized spacial score (nSPS) is 24.5. The summed E-state index contributed by atoms with van der Waals surface area (Å²) in [4.78, 5) is 35.5. The van der Waals surface area contributed by atoms with Gasteiger partial charge >= 0.3 is 6.01 Å². The predicted molar refractivity (Wildman–Crippen MR) is 149 cm³/mol. The quantitative estimate of drug-likeness (QED) is 0.491. The Hall–Kier alpha value is -3.93. The number of carbonyl (C=O) groups excluding carboxylic acids is 1. The molecule has 3 atom stereocenters. The average Bonchev–Trinajstić information content (AvgIpc) is 3.65. The van der Waals surface area contributed by atoms with Crippen LogP contribution in [-0.2, 0) is 4.79 Å². The van der Waals surface area contributed by atoms with Crippen LogP contribution in [0.4, 0.5) is 17.5 Å². The van der Waals surface area contributed by atoms with Gasteiger partial charge in [-0.15, -0.1) is 0 Å². The molecule has 0 aromatic carbocycles. The maximum absolute atomic E-state index is 13.2. The number of ether oxygens (including phenoxy) is 1. The minimum Gasteiger partial charge on any atom is -0.460 e. The smallest absolute Gasteiger partial charge is 0.320 e. The molecule has 0 radical (unpaired) electrons. The van der Waals surface area contributed by atoms with Gasteiger partial charge in [0.25, 0.3) is 5.91 Å². The second kappa shape index (κ2) is 10.7. The molecule has 6 rings (SSSR count). The van der Waals surface area contributed by atoms with E-state index in [-0.39, 0.29) is 24.0 Å². The fourth-order valence-corrected chi connectivity index (χ4v) is 5.81. The zero-order valence-electron chi connectivity index (χ0n) is 22.6. The van der Waals surface area contributed by atoms with Crippen molar-refractivity contribution in [2.24, 2.45) is 10.9 Å². The lowest BCUT2D eigenvalue weighted by molar-refractivity contribution is -0.129. The summed E-state index contributed by atoms with van der Waals surface area (Å²) in [7, 11) is 2.14. The second-order valence-corrected chi connectivity index (χ2v) is 10.9. The van der Waals surface area contributed by atoms with Gasteiger partial charge in [-0.3, -0.25) is 14.9 Å². The molecule has 2 N–H and O–H groups in total. The molecule has 4 aliphatic rings. The fourth-order valence-electron chi connectivity index (χ4n) is 5.81. The van der Waals surface area contributed by atoms with Crippen LogP contribution in [0.5, 0.6) is 6.01 Å². The highest BCUT2D eigenvalue weighted by molar-refractivity contribution is 5.93. The molecule has 3 aliphatic heterocycles. The van der Waals surface area contributed by atoms with Gasteiger partial charge in [-0.05, 0) is 26.5 Å². The number of anilines is 3. The van der Waals surface area contributed by atoms with Crippen LogP contribution in [0.1, 0.15) is 18.5 Å². The predicted octanol–water partition coefficient (Wildman–Crippen LogP) is 1.79. The summed E-state index contributed by atoms with van der Waals surface area (Å²) >= 11 is 0. The molecule has 2 aromatic heterocycles. The van der Waals surface area contributed by atoms with Gasteiger partial charge in [0.2, 0.25) is 0 Å². The maximum Gasteiger partial charge on any atom is 0.320 e. The van der Waals surface area contributed by atoms with E-state index >= 15 is 0 Å². The number of nitrogens with zero attached hydrogens (tertiary/aromatic N) is 8. The number of H-pyrrole nitrogens is 1. The van der Waals surface area contributed by atoms with Crippen LogP contribution in [0.2, 0.25) is 0 Å². The summed E-state index contributed by atoms with van der Waals surface area (Å²) in [5.74, 6) is 2.45. The third-order valence-corrected chi connectivity index (χ3v) is 7.92. The molecule has 2 aromatic rings. The van der Waals surface area contributed by atoms with Gasteiger partial charge in [0, 0.05) is 93.5 Å². The lowest BCUT2D eigenvalue weighted by atomic mass is 10.1. The van der Waals surface area contributed by atoms with Crippen LogP contribution >= 0.6 is 0 Å². The molecule has 39 heavy (non-hydrogen) atoms. The number of likely N-dealkylation sites (tertiary alicyclic amines) is 1. The first-order chi connectivity index (χ1) is 18.9. The van der Waals surface area contributed by atoms with Crippen molar-refractivity contribution >= 4 is 29.6 Å². The van der Waals surface area contributed by atoms with Crippen molar-refractivity contribution in [1.82, 2.24) is 34.9 Å². The van der Waals surface area contributed by atoms with Crippen LogP contribution in [0, 0.1) is 12.8 Å². The number of fused-ring (bicyclic) bond motifs is 2. The Kier molecular flexibility index (Phi) is 6.94. The standard InChI is InChI=1S/C27H36N10O2/c1-18(15-35-6-4-5-28-17-35)26(38)37-16-20-12-21(37)13-22(20)39-27-30-23(29-24-11-19(2)32-33-24)14-25(31-27)36-9-7-34(3)8-10-36/h4-6,11,14,20-22H,1,7-10,12-13,15-17H2,2-3H3,(H2,29,30,31,32,33). The van der Waals surface area contributed by atoms with Gasteiger partial charge in [0.05, 0.1) is 0 Å². The summed E-state index contributed by atoms with van der Waals surface area (Å²) < 4.78 is 6.43. The SMILES string of the molecule is C=C(CN1C=CC=NC1)C(=O)N1CC2CC1CC2Oc1nc(Nc2cc(C)[nH]n2)cc(N2CCN(C)CC2)n1. The molecule has 12 nitrogen and oxygen atoms in total. The van der Waals surface area contributed by atoms with E-state index in [1.165, 1.54) is 0 Å². The zero-order valence-corrected chi connectivity index (χ0v) is 22.6. The Bertz CT molecular complexity index is 1280. The first-order valence-corrected chi connectivity index (χ1v) is 13.6. The Labute approximate surface area is 228 Å². The third-order valence-electron chi connectivity index (χ3n) is 7.92. The van der Waals surface area contributed by atoms with Crippen molar-refractivity contribution in [1.29, 1.82) is 0 Å². The molecule has 3 fully saturated rings. The van der Waals surface area contributed by atoms with Crippen molar-refractivity contribution in [2.45, 2.75) is 31.9 Å². The number of nitrogens with one attached hydrogen (secondary N) is 2. The molecule has 1 aliphatic carbocycles. The number of amides is 1. The van der Waals surface area contributed by atoms with Gasteiger partial charge in [-0.25, -0.2) is 0 Å². The highest BCUT2D eigenvalue weighted by Gasteiger charge is 2.48. The molecule has 3 unspecified atom stereocenters. The average molecular weight is 533 g/mol. The molecule has 0 spiro atoms. The van der Waals surface area contributed by atoms with Crippen molar-refractivity contribution in [3.8, 4) is 6.01 Å². The van der Waals surface area contributed by atoms with Gasteiger partial charge in [-0.1, -0.05) is 6.58 Å². The van der Waals surface area contributed by atoms with E-state index in [2.05, 4.69) is 48.9 Å². The van der Waals surface area contributed by atoms with E-state index in [1.807, 2.05) is 41.1 Å². The van der Waals surface area contributed by atoms with E-state index in [0.29, 0.717) is 43.0 Å². The number of aromatic nitrogens is 4. The number of likely N-dealkylation sites (N-methyl/N-ethyl adjacent to an activating group) is 1. The number of aliphatic imine (C=N–C) groups is 1. The minimum absolute atomic E-state index is 0.0259. The van der Waals surface area contributed by atoms with Crippen molar-refractivity contribution in [3.63, 3.8) is 0 Å². The van der Waals surface area contributed by atoms with Crippen LogP contribution in [-0.4, -0.2) is 112 Å². The number of piperazine rings is 1. The summed E-state index contributed by atoms with van der Waals surface area (Å²) in [6.07, 6.45) is 7.24. The molecule has 206 valence electrons. The fraction of sp³-hybridized carbons (Fsp3) is 0.519. The molecular weight excluding hydrogens is 496 g/mol. The molecule has 1 amide bonds. The van der Waals surface area contributed by atoms with Crippen molar-refractivity contribution in [2.75, 3.05) is 63.2 Å². The highest BCUT2D eigenvalue weighted by Crippen LogP contribution is 2.40. The van der Waals surface area contributed by atoms with Gasteiger partial charge in [0.1, 0.15) is 24.4 Å². The summed E-state index contributed by atoms with van der Waals surface area (Å²) in [6, 6.07) is 4.39. The number of hydrogen-bond acceptors (Lipinski definition) is 10. The van der Waals surface area contributed by atoms with Crippen molar-refractivity contribution in [3.05, 3.63) is 42.3 Å². The highest BCUT2D eigenvalue weighted by atomic mass is 16.5. The Morgan fingerprint density at radius 1 is 1.18 bits per heavy atom. The number of carbonyl (C=O) groups is 1. The molecule has 2 bridgehead atoms. The van der Waals surface area contributed by atoms with Crippen molar-refractivity contribution < 1.29 is 9.53 Å². The number of rotatable bonds is 8. The van der Waals surface area contributed by atoms with Crippen LogP contribution in [0.3, 0.4) is 0 Å². The number of aryl methyl sites for hydroxylation is 1. The Balaban J connectivity index is 1.12. The van der Waals surface area contributed by atoms with Gasteiger partial charge < -0.3 is 29.7 Å². The zero-order chi connectivity index (χ0) is 26.9. The number of allylic oxidation sites excluding steroid dienone is 1. The van der Waals surface area contributed by atoms with E-state index in [0.717, 1.165) is 50.5 Å².